The summed E-state index contributed by atoms with van der Waals surface area (Å²) in [6.07, 6.45) is 1.45. The average Bonchev–Trinajstić information content (AvgIpc) is 3.19. The number of aromatic nitrogens is 2. The molecule has 0 aliphatic rings. The molecule has 34 heavy (non-hydrogen) atoms. The molecule has 0 aliphatic heterocycles. The van der Waals surface area contributed by atoms with Gasteiger partial charge < -0.3 is 25.6 Å². The van der Waals surface area contributed by atoms with Gasteiger partial charge in [0, 0.05) is 24.8 Å². The molecule has 0 unspecified atom stereocenters. The third-order valence-electron chi connectivity index (χ3n) is 4.59. The van der Waals surface area contributed by atoms with Crippen LogP contribution in [-0.2, 0) is 34.1 Å². The summed E-state index contributed by atoms with van der Waals surface area (Å²) >= 11 is 1.13. The highest BCUT2D eigenvalue weighted by atomic mass is 32.2. The number of hydrogen-bond donors (Lipinski definition) is 4. The summed E-state index contributed by atoms with van der Waals surface area (Å²) in [6, 6.07) is 12.5. The lowest BCUT2D eigenvalue weighted by Gasteiger charge is -2.11. The first kappa shape index (κ1) is 24.9. The summed E-state index contributed by atoms with van der Waals surface area (Å²) in [5, 5.41) is 18.1. The minimum absolute atomic E-state index is 0.0343. The summed E-state index contributed by atoms with van der Waals surface area (Å²) in [4.78, 5) is 40.1. The van der Waals surface area contributed by atoms with E-state index in [1.54, 1.807) is 41.0 Å². The maximum Gasteiger partial charge on any atom is 0.240 e. The third kappa shape index (κ3) is 7.42. The number of anilines is 2. The van der Waals surface area contributed by atoms with Crippen LogP contribution >= 0.6 is 11.8 Å². The fourth-order valence-electron chi connectivity index (χ4n) is 2.97. The molecule has 178 valence electrons. The van der Waals surface area contributed by atoms with Crippen LogP contribution in [0.15, 0.2) is 59.9 Å². The molecule has 0 radical (unpaired) electrons. The van der Waals surface area contributed by atoms with Crippen molar-refractivity contribution in [2.24, 2.45) is 0 Å². The van der Waals surface area contributed by atoms with Crippen molar-refractivity contribution in [3.63, 3.8) is 0 Å². The summed E-state index contributed by atoms with van der Waals surface area (Å²) in [5.74, 6) is -1.10. The van der Waals surface area contributed by atoms with Crippen molar-refractivity contribution >= 4 is 40.9 Å². The number of benzene rings is 2. The highest BCUT2D eigenvalue weighted by Gasteiger charge is 2.15. The summed E-state index contributed by atoms with van der Waals surface area (Å²) < 4.78 is 14.6. The lowest BCUT2D eigenvalue weighted by atomic mass is 10.2. The Balaban J connectivity index is 1.54. The predicted molar refractivity (Wildman–Crippen MR) is 126 cm³/mol. The number of aliphatic hydroxyl groups is 1. The summed E-state index contributed by atoms with van der Waals surface area (Å²) in [7, 11) is 0. The van der Waals surface area contributed by atoms with Crippen LogP contribution in [0.3, 0.4) is 0 Å². The summed E-state index contributed by atoms with van der Waals surface area (Å²) in [6.45, 7) is 1.24. The van der Waals surface area contributed by atoms with E-state index >= 15 is 0 Å². The van der Waals surface area contributed by atoms with E-state index in [4.69, 9.17) is 0 Å². The van der Waals surface area contributed by atoms with Crippen molar-refractivity contribution in [2.45, 2.75) is 31.8 Å². The quantitative estimate of drug-likeness (QED) is 0.327. The molecule has 0 atom stereocenters. The largest absolute Gasteiger partial charge is 0.390 e. The minimum atomic E-state index is -0.353. The molecule has 11 heteroatoms. The van der Waals surface area contributed by atoms with Gasteiger partial charge in [-0.3, -0.25) is 14.4 Å². The standard InChI is InChI=1S/C23H24FN5O4S/c1-15(31)27-18-6-8-19(9-7-18)28-22(33)14-34-23-26-11-20(13-30)29(23)12-21(32)25-10-16-2-4-17(24)5-3-16/h2-9,11,30H,10,12-14H2,1H3,(H,25,32)(H,27,31)(H,28,33). The second-order valence-electron chi connectivity index (χ2n) is 7.27. The van der Waals surface area contributed by atoms with Gasteiger partial charge in [-0.2, -0.15) is 0 Å². The van der Waals surface area contributed by atoms with Crippen LogP contribution in [0.2, 0.25) is 0 Å². The summed E-state index contributed by atoms with van der Waals surface area (Å²) in [5.41, 5.74) is 2.38. The van der Waals surface area contributed by atoms with Crippen LogP contribution in [0.4, 0.5) is 15.8 Å². The molecular formula is C23H24FN5O4S. The van der Waals surface area contributed by atoms with Gasteiger partial charge in [-0.15, -0.1) is 0 Å². The molecule has 1 aromatic heterocycles. The second-order valence-corrected chi connectivity index (χ2v) is 8.22. The van der Waals surface area contributed by atoms with Crippen LogP contribution in [0.1, 0.15) is 18.2 Å². The molecule has 0 spiro atoms. The van der Waals surface area contributed by atoms with Crippen LogP contribution in [0.5, 0.6) is 0 Å². The Bertz CT molecular complexity index is 1150. The highest BCUT2D eigenvalue weighted by molar-refractivity contribution is 7.99. The van der Waals surface area contributed by atoms with Gasteiger partial charge in [-0.1, -0.05) is 23.9 Å². The van der Waals surface area contributed by atoms with E-state index in [0.29, 0.717) is 22.2 Å². The van der Waals surface area contributed by atoms with Crippen molar-refractivity contribution in [2.75, 3.05) is 16.4 Å². The van der Waals surface area contributed by atoms with Gasteiger partial charge in [0.2, 0.25) is 17.7 Å². The van der Waals surface area contributed by atoms with Gasteiger partial charge in [0.05, 0.1) is 24.3 Å². The Morgan fingerprint density at radius 2 is 1.65 bits per heavy atom. The Hall–Kier alpha value is -3.70. The van der Waals surface area contributed by atoms with Crippen molar-refractivity contribution in [1.29, 1.82) is 0 Å². The van der Waals surface area contributed by atoms with Crippen molar-refractivity contribution < 1.29 is 23.9 Å². The Morgan fingerprint density at radius 1 is 1.00 bits per heavy atom. The van der Waals surface area contributed by atoms with E-state index in [-0.39, 0.29) is 49.0 Å². The van der Waals surface area contributed by atoms with Crippen molar-refractivity contribution in [1.82, 2.24) is 14.9 Å². The van der Waals surface area contributed by atoms with Gasteiger partial charge in [0.1, 0.15) is 12.4 Å². The SMILES string of the molecule is CC(=O)Nc1ccc(NC(=O)CSc2ncc(CO)n2CC(=O)NCc2ccc(F)cc2)cc1. The Labute approximate surface area is 199 Å². The van der Waals surface area contributed by atoms with Gasteiger partial charge in [-0.05, 0) is 42.0 Å². The van der Waals surface area contributed by atoms with Gasteiger partial charge in [-0.25, -0.2) is 9.37 Å². The zero-order valence-electron chi connectivity index (χ0n) is 18.4. The molecule has 3 aromatic rings. The van der Waals surface area contributed by atoms with E-state index in [2.05, 4.69) is 20.9 Å². The first-order valence-electron chi connectivity index (χ1n) is 10.3. The number of thioether (sulfide) groups is 1. The molecule has 3 amide bonds. The number of carbonyl (C=O) groups is 3. The van der Waals surface area contributed by atoms with Crippen LogP contribution < -0.4 is 16.0 Å². The number of carbonyl (C=O) groups excluding carboxylic acids is 3. The number of rotatable bonds is 10. The van der Waals surface area contributed by atoms with Crippen LogP contribution in [-0.4, -0.2) is 38.1 Å². The zero-order valence-corrected chi connectivity index (χ0v) is 19.2. The smallest absolute Gasteiger partial charge is 0.240 e. The minimum Gasteiger partial charge on any atom is -0.390 e. The lowest BCUT2D eigenvalue weighted by molar-refractivity contribution is -0.122. The Morgan fingerprint density at radius 3 is 2.26 bits per heavy atom. The third-order valence-corrected chi connectivity index (χ3v) is 5.58. The van der Waals surface area contributed by atoms with E-state index in [1.165, 1.54) is 25.3 Å². The van der Waals surface area contributed by atoms with Crippen molar-refractivity contribution in [3.05, 3.63) is 71.8 Å². The topological polar surface area (TPSA) is 125 Å². The van der Waals surface area contributed by atoms with Crippen molar-refractivity contribution in [3.8, 4) is 0 Å². The Kier molecular flexibility index (Phi) is 8.77. The maximum atomic E-state index is 13.0. The fraction of sp³-hybridized carbons (Fsp3) is 0.217. The van der Waals surface area contributed by atoms with E-state index < -0.39 is 0 Å². The molecule has 0 aliphatic carbocycles. The number of imidazole rings is 1. The zero-order chi connectivity index (χ0) is 24.5. The first-order chi connectivity index (χ1) is 16.3. The van der Waals surface area contributed by atoms with E-state index in [1.807, 2.05) is 0 Å². The molecule has 0 saturated heterocycles. The van der Waals surface area contributed by atoms with Gasteiger partial charge in [0.25, 0.3) is 0 Å². The second kappa shape index (κ2) is 12.0. The number of nitrogens with one attached hydrogen (secondary N) is 3. The van der Waals surface area contributed by atoms with E-state index in [9.17, 15) is 23.9 Å². The lowest BCUT2D eigenvalue weighted by Crippen LogP contribution is -2.28. The highest BCUT2D eigenvalue weighted by Crippen LogP contribution is 2.20. The number of hydrogen-bond acceptors (Lipinski definition) is 6. The molecule has 0 bridgehead atoms. The number of nitrogens with zero attached hydrogens (tertiary/aromatic N) is 2. The van der Waals surface area contributed by atoms with Gasteiger partial charge >= 0.3 is 0 Å². The molecule has 2 aromatic carbocycles. The monoisotopic (exact) mass is 485 g/mol. The predicted octanol–water partition coefficient (Wildman–Crippen LogP) is 2.52. The first-order valence-corrected chi connectivity index (χ1v) is 11.3. The molecular weight excluding hydrogens is 461 g/mol. The molecule has 0 fully saturated rings. The van der Waals surface area contributed by atoms with Crippen LogP contribution in [0, 0.1) is 5.82 Å². The normalized spacial score (nSPS) is 10.6. The molecule has 9 nitrogen and oxygen atoms in total. The molecule has 1 heterocycles. The molecule has 0 saturated carbocycles. The maximum absolute atomic E-state index is 13.0. The molecule has 3 rings (SSSR count). The van der Waals surface area contributed by atoms with Gasteiger partial charge in [0.15, 0.2) is 5.16 Å². The van der Waals surface area contributed by atoms with E-state index in [0.717, 1.165) is 17.3 Å². The average molecular weight is 486 g/mol. The van der Waals surface area contributed by atoms with Crippen LogP contribution in [0.25, 0.3) is 0 Å². The number of halogens is 1. The fourth-order valence-corrected chi connectivity index (χ4v) is 3.77. The number of aliphatic hydroxyl groups excluding tert-OH is 1. The number of amides is 3. The molecule has 4 N–H and O–H groups in total.